The van der Waals surface area contributed by atoms with E-state index in [9.17, 15) is 4.79 Å². The van der Waals surface area contributed by atoms with Crippen molar-refractivity contribution in [2.75, 3.05) is 19.6 Å². The molecule has 0 unspecified atom stereocenters. The van der Waals surface area contributed by atoms with Crippen LogP contribution < -0.4 is 5.32 Å². The summed E-state index contributed by atoms with van der Waals surface area (Å²) < 4.78 is 0. The Kier molecular flexibility index (Phi) is 3.40. The molecule has 2 fully saturated rings. The normalized spacial score (nSPS) is 28.4. The van der Waals surface area contributed by atoms with E-state index >= 15 is 0 Å². The van der Waals surface area contributed by atoms with Crippen LogP contribution in [0.25, 0.3) is 0 Å². The van der Waals surface area contributed by atoms with Crippen molar-refractivity contribution in [1.29, 1.82) is 0 Å². The molecule has 0 aromatic rings. The summed E-state index contributed by atoms with van der Waals surface area (Å²) in [5, 5.41) is 3.52. The number of amides is 1. The van der Waals surface area contributed by atoms with E-state index in [2.05, 4.69) is 5.32 Å². The lowest BCUT2D eigenvalue weighted by molar-refractivity contribution is -0.127. The Morgan fingerprint density at radius 3 is 2.93 bits per heavy atom. The topological polar surface area (TPSA) is 32.3 Å². The highest BCUT2D eigenvalue weighted by Crippen LogP contribution is 2.14. The summed E-state index contributed by atoms with van der Waals surface area (Å²) in [6.07, 6.45) is 6.95. The minimum absolute atomic E-state index is 0.362. The number of carbonyl (C=O) groups excluding carboxylic acids is 1. The second-order valence-electron chi connectivity index (χ2n) is 4.42. The van der Waals surface area contributed by atoms with Crippen LogP contribution in [0.2, 0.25) is 0 Å². The van der Waals surface area contributed by atoms with Crippen LogP contribution in [-0.4, -0.2) is 36.5 Å². The first-order chi connectivity index (χ1) is 6.86. The van der Waals surface area contributed by atoms with Gasteiger partial charge in [0.25, 0.3) is 0 Å². The van der Waals surface area contributed by atoms with Gasteiger partial charge in [0.15, 0.2) is 0 Å². The van der Waals surface area contributed by atoms with Crippen molar-refractivity contribution in [3.05, 3.63) is 0 Å². The van der Waals surface area contributed by atoms with Gasteiger partial charge in [-0.15, -0.1) is 0 Å². The Bertz CT molecular complexity index is 199. The highest BCUT2D eigenvalue weighted by atomic mass is 16.2. The molecule has 14 heavy (non-hydrogen) atoms. The third kappa shape index (κ3) is 2.47. The summed E-state index contributed by atoms with van der Waals surface area (Å²) in [5.41, 5.74) is 0. The van der Waals surface area contributed by atoms with Gasteiger partial charge in [0.2, 0.25) is 5.91 Å². The monoisotopic (exact) mass is 196 g/mol. The molecule has 0 aliphatic carbocycles. The van der Waals surface area contributed by atoms with Crippen molar-refractivity contribution < 1.29 is 4.79 Å². The minimum Gasteiger partial charge on any atom is -0.343 e. The molecular formula is C11H20N2O. The van der Waals surface area contributed by atoms with Gasteiger partial charge in [-0.05, 0) is 32.2 Å². The van der Waals surface area contributed by atoms with E-state index < -0.39 is 0 Å². The molecule has 0 spiro atoms. The summed E-state index contributed by atoms with van der Waals surface area (Å²) in [5.74, 6) is 0.362. The molecule has 2 aliphatic heterocycles. The second-order valence-corrected chi connectivity index (χ2v) is 4.42. The predicted molar refractivity (Wildman–Crippen MR) is 56.1 cm³/mol. The molecule has 0 aromatic carbocycles. The lowest BCUT2D eigenvalue weighted by atomic mass is 10.0. The standard InChI is InChI=1S/C11H20N2O/c14-11-5-3-8-13(11)9-6-10-4-1-2-7-12-10/h10,12H,1-9H2/t10-/m0/s1. The number of hydrogen-bond donors (Lipinski definition) is 1. The van der Waals surface area contributed by atoms with Crippen molar-refractivity contribution in [2.45, 2.75) is 44.6 Å². The molecule has 3 nitrogen and oxygen atoms in total. The third-order valence-corrected chi connectivity index (χ3v) is 3.33. The zero-order valence-electron chi connectivity index (χ0n) is 8.80. The highest BCUT2D eigenvalue weighted by Gasteiger charge is 2.21. The minimum atomic E-state index is 0.362. The summed E-state index contributed by atoms with van der Waals surface area (Å²) in [4.78, 5) is 13.4. The fourth-order valence-electron chi connectivity index (χ4n) is 2.42. The van der Waals surface area contributed by atoms with Crippen molar-refractivity contribution in [1.82, 2.24) is 10.2 Å². The molecule has 0 aromatic heterocycles. The van der Waals surface area contributed by atoms with Crippen LogP contribution in [0.3, 0.4) is 0 Å². The summed E-state index contributed by atoms with van der Waals surface area (Å²) >= 11 is 0. The van der Waals surface area contributed by atoms with Gasteiger partial charge < -0.3 is 10.2 Å². The lowest BCUT2D eigenvalue weighted by Crippen LogP contribution is -2.37. The zero-order valence-corrected chi connectivity index (χ0v) is 8.80. The Hall–Kier alpha value is -0.570. The molecule has 1 N–H and O–H groups in total. The average molecular weight is 196 g/mol. The van der Waals surface area contributed by atoms with Crippen molar-refractivity contribution in [3.63, 3.8) is 0 Å². The van der Waals surface area contributed by atoms with E-state index in [0.717, 1.165) is 32.4 Å². The van der Waals surface area contributed by atoms with Gasteiger partial charge in [-0.25, -0.2) is 0 Å². The first-order valence-electron chi connectivity index (χ1n) is 5.87. The van der Waals surface area contributed by atoms with Crippen LogP contribution in [0.4, 0.5) is 0 Å². The van der Waals surface area contributed by atoms with Crippen LogP contribution in [-0.2, 0) is 4.79 Å². The van der Waals surface area contributed by atoms with Crippen molar-refractivity contribution >= 4 is 5.91 Å². The Balaban J connectivity index is 1.68. The SMILES string of the molecule is O=C1CCCN1CC[C@@H]1CCCCN1. The first-order valence-corrected chi connectivity index (χ1v) is 5.87. The van der Waals surface area contributed by atoms with Gasteiger partial charge in [-0.1, -0.05) is 6.42 Å². The quantitative estimate of drug-likeness (QED) is 0.734. The number of likely N-dealkylation sites (tertiary alicyclic amines) is 1. The Labute approximate surface area is 85.8 Å². The van der Waals surface area contributed by atoms with Crippen molar-refractivity contribution in [2.24, 2.45) is 0 Å². The fraction of sp³-hybridized carbons (Fsp3) is 0.909. The second kappa shape index (κ2) is 4.78. The molecule has 2 aliphatic rings. The number of hydrogen-bond acceptors (Lipinski definition) is 2. The molecule has 2 heterocycles. The van der Waals surface area contributed by atoms with Gasteiger partial charge in [-0.2, -0.15) is 0 Å². The molecule has 0 saturated carbocycles. The maximum absolute atomic E-state index is 11.4. The molecule has 80 valence electrons. The molecule has 2 rings (SSSR count). The largest absolute Gasteiger partial charge is 0.343 e. The predicted octanol–water partition coefficient (Wildman–Crippen LogP) is 1.14. The first kappa shape index (κ1) is 9.97. The van der Waals surface area contributed by atoms with Gasteiger partial charge in [0, 0.05) is 25.6 Å². The van der Waals surface area contributed by atoms with E-state index in [0.29, 0.717) is 11.9 Å². The van der Waals surface area contributed by atoms with E-state index in [-0.39, 0.29) is 0 Å². The van der Waals surface area contributed by atoms with Crippen LogP contribution >= 0.6 is 0 Å². The van der Waals surface area contributed by atoms with Crippen molar-refractivity contribution in [3.8, 4) is 0 Å². The van der Waals surface area contributed by atoms with Gasteiger partial charge >= 0.3 is 0 Å². The summed E-state index contributed by atoms with van der Waals surface area (Å²) in [6.45, 7) is 3.13. The molecule has 1 amide bonds. The van der Waals surface area contributed by atoms with E-state index in [1.807, 2.05) is 4.90 Å². The third-order valence-electron chi connectivity index (χ3n) is 3.33. The van der Waals surface area contributed by atoms with Crippen LogP contribution in [0, 0.1) is 0 Å². The van der Waals surface area contributed by atoms with Crippen LogP contribution in [0.1, 0.15) is 38.5 Å². The maximum atomic E-state index is 11.4. The maximum Gasteiger partial charge on any atom is 0.222 e. The molecule has 3 heteroatoms. The average Bonchev–Trinajstić information content (AvgIpc) is 2.63. The van der Waals surface area contributed by atoms with Gasteiger partial charge in [0.05, 0.1) is 0 Å². The van der Waals surface area contributed by atoms with Crippen LogP contribution in [0.5, 0.6) is 0 Å². The summed E-state index contributed by atoms with van der Waals surface area (Å²) in [6, 6.07) is 0.664. The lowest BCUT2D eigenvalue weighted by Gasteiger charge is -2.25. The van der Waals surface area contributed by atoms with Gasteiger partial charge in [-0.3, -0.25) is 4.79 Å². The Morgan fingerprint density at radius 2 is 2.29 bits per heavy atom. The number of nitrogens with zero attached hydrogens (tertiary/aromatic N) is 1. The number of rotatable bonds is 3. The highest BCUT2D eigenvalue weighted by molar-refractivity contribution is 5.77. The van der Waals surface area contributed by atoms with Gasteiger partial charge in [0.1, 0.15) is 0 Å². The van der Waals surface area contributed by atoms with Crippen LogP contribution in [0.15, 0.2) is 0 Å². The summed E-state index contributed by atoms with van der Waals surface area (Å²) in [7, 11) is 0. The fourth-order valence-corrected chi connectivity index (χ4v) is 2.42. The number of carbonyl (C=O) groups is 1. The number of piperidine rings is 1. The zero-order chi connectivity index (χ0) is 9.80. The molecule has 0 radical (unpaired) electrons. The molecule has 0 bridgehead atoms. The molecule has 2 saturated heterocycles. The molecular weight excluding hydrogens is 176 g/mol. The smallest absolute Gasteiger partial charge is 0.222 e. The van der Waals surface area contributed by atoms with E-state index in [1.165, 1.54) is 25.8 Å². The number of nitrogens with one attached hydrogen (secondary N) is 1. The van der Waals surface area contributed by atoms with E-state index in [1.54, 1.807) is 0 Å². The molecule has 1 atom stereocenters. The Morgan fingerprint density at radius 1 is 1.36 bits per heavy atom. The van der Waals surface area contributed by atoms with E-state index in [4.69, 9.17) is 0 Å².